The van der Waals surface area contributed by atoms with Gasteiger partial charge in [-0.15, -0.1) is 0 Å². The first kappa shape index (κ1) is 31.6. The summed E-state index contributed by atoms with van der Waals surface area (Å²) < 4.78 is 6.81. The zero-order valence-corrected chi connectivity index (χ0v) is 29.6. The van der Waals surface area contributed by atoms with Gasteiger partial charge in [-0.1, -0.05) is 164 Å². The minimum atomic E-state index is 0.881. The number of nitrogens with zero attached hydrogens (tertiary/aromatic N) is 1. The highest BCUT2D eigenvalue weighted by Gasteiger charge is 2.20. The predicted molar refractivity (Wildman–Crippen MR) is 228 cm³/mol. The van der Waals surface area contributed by atoms with Crippen LogP contribution in [-0.4, -0.2) is 0 Å². The molecule has 54 heavy (non-hydrogen) atoms. The van der Waals surface area contributed by atoms with Crippen LogP contribution in [0.5, 0.6) is 0 Å². The first-order valence-corrected chi connectivity index (χ1v) is 18.4. The normalized spacial score (nSPS) is 11.3. The van der Waals surface area contributed by atoms with E-state index in [-0.39, 0.29) is 0 Å². The largest absolute Gasteiger partial charge is 0.455 e. The Hall–Kier alpha value is -7.16. The van der Waals surface area contributed by atoms with Crippen LogP contribution < -0.4 is 4.90 Å². The highest BCUT2D eigenvalue weighted by atomic mass is 16.3. The first-order valence-electron chi connectivity index (χ1n) is 18.4. The van der Waals surface area contributed by atoms with Gasteiger partial charge in [-0.3, -0.25) is 0 Å². The molecule has 0 amide bonds. The highest BCUT2D eigenvalue weighted by Crippen LogP contribution is 2.45. The van der Waals surface area contributed by atoms with Gasteiger partial charge in [0.05, 0.1) is 5.69 Å². The van der Waals surface area contributed by atoms with Crippen molar-refractivity contribution >= 4 is 49.8 Å². The highest BCUT2D eigenvalue weighted by molar-refractivity contribution is 6.20. The van der Waals surface area contributed by atoms with E-state index in [4.69, 9.17) is 4.42 Å². The Morgan fingerprint density at radius 2 is 0.815 bits per heavy atom. The van der Waals surface area contributed by atoms with E-state index >= 15 is 0 Å². The topological polar surface area (TPSA) is 16.4 Å². The van der Waals surface area contributed by atoms with Crippen molar-refractivity contribution < 1.29 is 4.42 Å². The molecule has 0 saturated heterocycles. The molecule has 1 aromatic heterocycles. The van der Waals surface area contributed by atoms with Gasteiger partial charge < -0.3 is 9.32 Å². The molecule has 2 heteroatoms. The average molecular weight is 690 g/mol. The van der Waals surface area contributed by atoms with Crippen LogP contribution in [0.1, 0.15) is 0 Å². The first-order chi connectivity index (χ1) is 26.8. The molecule has 1 heterocycles. The molecule has 0 unspecified atom stereocenters. The van der Waals surface area contributed by atoms with Crippen molar-refractivity contribution in [3.8, 4) is 44.5 Å². The maximum Gasteiger partial charge on any atom is 0.145 e. The van der Waals surface area contributed by atoms with Gasteiger partial charge in [0, 0.05) is 27.5 Å². The van der Waals surface area contributed by atoms with Crippen LogP contribution in [0.25, 0.3) is 77.2 Å². The third kappa shape index (κ3) is 5.71. The fraction of sp³-hybridized carbons (Fsp3) is 0. The maximum atomic E-state index is 6.81. The van der Waals surface area contributed by atoms with Gasteiger partial charge >= 0.3 is 0 Å². The van der Waals surface area contributed by atoms with Gasteiger partial charge in [-0.2, -0.15) is 0 Å². The van der Waals surface area contributed by atoms with E-state index in [9.17, 15) is 0 Å². The lowest BCUT2D eigenvalue weighted by molar-refractivity contribution is 0.673. The number of anilines is 3. The smallest absolute Gasteiger partial charge is 0.145 e. The van der Waals surface area contributed by atoms with Crippen LogP contribution in [0.2, 0.25) is 0 Å². The van der Waals surface area contributed by atoms with E-state index in [1.807, 2.05) is 0 Å². The molecule has 9 aromatic carbocycles. The molecule has 0 aliphatic heterocycles. The lowest BCUT2D eigenvalue weighted by Gasteiger charge is -2.27. The Balaban J connectivity index is 1.15. The lowest BCUT2D eigenvalue weighted by Crippen LogP contribution is -2.10. The molecule has 0 bridgehead atoms. The van der Waals surface area contributed by atoms with E-state index in [0.29, 0.717) is 0 Å². The van der Waals surface area contributed by atoms with Crippen LogP contribution in [0.15, 0.2) is 217 Å². The number of hydrogen-bond donors (Lipinski definition) is 0. The number of fused-ring (bicyclic) bond motifs is 5. The van der Waals surface area contributed by atoms with Crippen molar-refractivity contribution in [2.75, 3.05) is 4.90 Å². The van der Waals surface area contributed by atoms with E-state index in [1.54, 1.807) is 0 Å². The molecule has 0 N–H and O–H groups in total. The molecule has 10 rings (SSSR count). The molecule has 0 radical (unpaired) electrons. The van der Waals surface area contributed by atoms with E-state index in [0.717, 1.165) is 55.3 Å². The number of hydrogen-bond acceptors (Lipinski definition) is 2. The summed E-state index contributed by atoms with van der Waals surface area (Å²) in [5, 5.41) is 4.43. The number of rotatable bonds is 7. The number of furan rings is 1. The van der Waals surface area contributed by atoms with Crippen molar-refractivity contribution in [2.24, 2.45) is 0 Å². The Kier molecular flexibility index (Phi) is 7.85. The van der Waals surface area contributed by atoms with Gasteiger partial charge in [0.1, 0.15) is 11.2 Å². The zero-order valence-electron chi connectivity index (χ0n) is 29.6. The van der Waals surface area contributed by atoms with Gasteiger partial charge in [-0.25, -0.2) is 0 Å². The second-order valence-corrected chi connectivity index (χ2v) is 13.7. The minimum Gasteiger partial charge on any atom is -0.455 e. The summed E-state index contributed by atoms with van der Waals surface area (Å²) in [6, 6.07) is 75.8. The molecule has 0 spiro atoms. The second-order valence-electron chi connectivity index (χ2n) is 13.7. The van der Waals surface area contributed by atoms with Crippen LogP contribution >= 0.6 is 0 Å². The van der Waals surface area contributed by atoms with Crippen molar-refractivity contribution in [1.82, 2.24) is 0 Å². The summed E-state index contributed by atoms with van der Waals surface area (Å²) in [5.74, 6) is 0. The summed E-state index contributed by atoms with van der Waals surface area (Å²) in [6.07, 6.45) is 0. The predicted octanol–water partition coefficient (Wildman–Crippen LogP) is 14.9. The molecule has 2 nitrogen and oxygen atoms in total. The second kappa shape index (κ2) is 13.4. The standard InChI is InChI=1S/C52H35NO/c1-4-12-36(13-5-1)39-22-24-41(25-23-39)43-19-10-20-46(34-43)53(45-30-26-40(27-31-45)37-14-6-2-7-15-37)49-21-11-18-42-28-32-47-48-35-44(38-16-8-3-9-17-38)29-33-50(48)54-52(47)51(42)49/h1-35H. The zero-order chi connectivity index (χ0) is 35.8. The van der Waals surface area contributed by atoms with E-state index in [1.165, 1.54) is 38.9 Å². The maximum absolute atomic E-state index is 6.81. The van der Waals surface area contributed by atoms with Gasteiger partial charge in [-0.05, 0) is 98.4 Å². The SMILES string of the molecule is c1ccc(-c2ccc(-c3cccc(N(c4ccc(-c5ccccc5)cc4)c4cccc5ccc6c7cc(-c8ccccc8)ccc7oc6c45)c3)cc2)cc1. The van der Waals surface area contributed by atoms with Crippen molar-refractivity contribution in [2.45, 2.75) is 0 Å². The summed E-state index contributed by atoms with van der Waals surface area (Å²) in [7, 11) is 0. The van der Waals surface area contributed by atoms with Crippen LogP contribution in [-0.2, 0) is 0 Å². The third-order valence-corrected chi connectivity index (χ3v) is 10.5. The molecular formula is C52H35NO. The average Bonchev–Trinajstić information content (AvgIpc) is 3.63. The molecule has 254 valence electrons. The summed E-state index contributed by atoms with van der Waals surface area (Å²) in [6.45, 7) is 0. The number of benzene rings is 9. The molecule has 0 fully saturated rings. The summed E-state index contributed by atoms with van der Waals surface area (Å²) >= 11 is 0. The Morgan fingerprint density at radius 3 is 1.46 bits per heavy atom. The molecule has 0 saturated carbocycles. The molecule has 10 aromatic rings. The molecular weight excluding hydrogens is 655 g/mol. The quantitative estimate of drug-likeness (QED) is 0.166. The van der Waals surface area contributed by atoms with Gasteiger partial charge in [0.25, 0.3) is 0 Å². The summed E-state index contributed by atoms with van der Waals surface area (Å²) in [5.41, 5.74) is 14.4. The van der Waals surface area contributed by atoms with Gasteiger partial charge in [0.15, 0.2) is 0 Å². The molecule has 0 aliphatic carbocycles. The van der Waals surface area contributed by atoms with Crippen molar-refractivity contribution in [3.05, 3.63) is 212 Å². The fourth-order valence-electron chi connectivity index (χ4n) is 7.75. The monoisotopic (exact) mass is 689 g/mol. The minimum absolute atomic E-state index is 0.881. The van der Waals surface area contributed by atoms with E-state index < -0.39 is 0 Å². The summed E-state index contributed by atoms with van der Waals surface area (Å²) in [4.78, 5) is 2.38. The molecule has 0 atom stereocenters. The third-order valence-electron chi connectivity index (χ3n) is 10.5. The van der Waals surface area contributed by atoms with Crippen LogP contribution in [0.4, 0.5) is 17.1 Å². The van der Waals surface area contributed by atoms with Crippen molar-refractivity contribution in [1.29, 1.82) is 0 Å². The van der Waals surface area contributed by atoms with Crippen LogP contribution in [0.3, 0.4) is 0 Å². The Bertz CT molecular complexity index is 2890. The fourth-order valence-corrected chi connectivity index (χ4v) is 7.75. The Labute approximate surface area is 314 Å². The van der Waals surface area contributed by atoms with E-state index in [2.05, 4.69) is 217 Å². The van der Waals surface area contributed by atoms with Crippen molar-refractivity contribution in [3.63, 3.8) is 0 Å². The lowest BCUT2D eigenvalue weighted by atomic mass is 9.98. The Morgan fingerprint density at radius 1 is 0.315 bits per heavy atom. The molecule has 0 aliphatic rings. The van der Waals surface area contributed by atoms with Gasteiger partial charge in [0.2, 0.25) is 0 Å². The van der Waals surface area contributed by atoms with Crippen LogP contribution in [0, 0.1) is 0 Å².